The molecular weight excluding hydrogens is 504 g/mol. The predicted octanol–water partition coefficient (Wildman–Crippen LogP) is 1.75. The summed E-state index contributed by atoms with van der Waals surface area (Å²) in [4.78, 5) is 58.4. The van der Waals surface area contributed by atoms with Crippen LogP contribution in [0.4, 0.5) is 11.9 Å². The first-order chi connectivity index (χ1) is 18.2. The number of likely N-dealkylation sites (N-methyl/N-ethyl adjacent to an activating group) is 1. The molecule has 1 atom stereocenters. The number of aromatic nitrogens is 4. The van der Waals surface area contributed by atoms with Crippen molar-refractivity contribution < 1.29 is 24.5 Å². The van der Waals surface area contributed by atoms with Gasteiger partial charge in [-0.05, 0) is 48.7 Å². The number of piperazine rings is 1. The van der Waals surface area contributed by atoms with Crippen LogP contribution in [0, 0.1) is 0 Å². The van der Waals surface area contributed by atoms with Crippen molar-refractivity contribution in [3.63, 3.8) is 0 Å². The van der Waals surface area contributed by atoms with Crippen LogP contribution in [0.2, 0.25) is 0 Å². The highest BCUT2D eigenvalue weighted by Crippen LogP contribution is 2.21. The van der Waals surface area contributed by atoms with Crippen LogP contribution in [-0.4, -0.2) is 99.3 Å². The van der Waals surface area contributed by atoms with E-state index in [-0.39, 0.29) is 23.9 Å². The molecule has 1 unspecified atom stereocenters. The third-order valence-corrected chi connectivity index (χ3v) is 5.77. The average Bonchev–Trinajstić information content (AvgIpc) is 2.86. The molecule has 1 saturated heterocycles. The lowest BCUT2D eigenvalue weighted by atomic mass is 10.1. The molecule has 1 aliphatic heterocycles. The minimum Gasteiger partial charge on any atom is -0.478 e. The van der Waals surface area contributed by atoms with Gasteiger partial charge < -0.3 is 25.1 Å². The lowest BCUT2D eigenvalue weighted by Gasteiger charge is -2.42. The van der Waals surface area contributed by atoms with Gasteiger partial charge in [0, 0.05) is 63.1 Å². The van der Waals surface area contributed by atoms with Gasteiger partial charge in [0.25, 0.3) is 0 Å². The Bertz CT molecular complexity index is 1100. The van der Waals surface area contributed by atoms with Gasteiger partial charge >= 0.3 is 5.97 Å². The highest BCUT2D eigenvalue weighted by molar-refractivity contribution is 5.86. The molecule has 3 heterocycles. The van der Waals surface area contributed by atoms with Crippen molar-refractivity contribution in [2.75, 3.05) is 50.1 Å². The second-order valence-electron chi connectivity index (χ2n) is 11.5. The van der Waals surface area contributed by atoms with Crippen LogP contribution in [-0.2, 0) is 21.1 Å². The molecular formula is C26H40N8O5. The first-order valence-electron chi connectivity index (χ1n) is 12.9. The van der Waals surface area contributed by atoms with Crippen LogP contribution in [0.15, 0.2) is 24.8 Å². The lowest BCUT2D eigenvalue weighted by Crippen LogP contribution is -2.57. The number of anilines is 2. The predicted molar refractivity (Wildman–Crippen MR) is 145 cm³/mol. The minimum atomic E-state index is -1.06. The van der Waals surface area contributed by atoms with Gasteiger partial charge in [0.05, 0.1) is 23.6 Å². The van der Waals surface area contributed by atoms with Crippen molar-refractivity contribution in [3.05, 3.63) is 35.9 Å². The third-order valence-electron chi connectivity index (χ3n) is 5.77. The van der Waals surface area contributed by atoms with Gasteiger partial charge in [-0.3, -0.25) is 4.79 Å². The number of nitrogens with zero attached hydrogens (tertiary/aromatic N) is 7. The lowest BCUT2D eigenvalue weighted by molar-refractivity contribution is -0.396. The molecule has 2 aromatic heterocycles. The molecule has 0 spiro atoms. The molecule has 0 aromatic carbocycles. The average molecular weight is 545 g/mol. The van der Waals surface area contributed by atoms with E-state index in [1.165, 1.54) is 12.4 Å². The zero-order valence-electron chi connectivity index (χ0n) is 23.8. The number of carbonyl (C=O) groups is 2. The van der Waals surface area contributed by atoms with E-state index in [1.54, 1.807) is 26.2 Å². The molecule has 0 radical (unpaired) electrons. The number of carboxylic acid groups (broad SMARTS) is 1. The maximum atomic E-state index is 12.5. The highest BCUT2D eigenvalue weighted by Gasteiger charge is 2.31. The molecule has 39 heavy (non-hydrogen) atoms. The van der Waals surface area contributed by atoms with Crippen LogP contribution in [0.3, 0.4) is 0 Å². The zero-order valence-corrected chi connectivity index (χ0v) is 23.8. The normalized spacial score (nSPS) is 16.5. The van der Waals surface area contributed by atoms with Crippen molar-refractivity contribution in [2.24, 2.45) is 0 Å². The summed E-state index contributed by atoms with van der Waals surface area (Å²) in [5, 5.41) is 12.0. The van der Waals surface area contributed by atoms with Gasteiger partial charge in [0.1, 0.15) is 5.60 Å². The van der Waals surface area contributed by atoms with Crippen molar-refractivity contribution in [3.8, 4) is 0 Å². The Balaban J connectivity index is 1.57. The standard InChI is InChI=1S/C26H40N8O5/c1-25(2,3)38-39-26(4,5)10-21(35)27-11-18-12-28-23(29-13-18)33-8-9-34(20(17-33)16-32(6)7)24-30-14-19(15-31-24)22(36)37/h12-15,20H,8-11,16-17H2,1-7H3,(H,27,35)(H,36,37). The maximum absolute atomic E-state index is 12.5. The number of hydrogen-bond donors (Lipinski definition) is 2. The largest absolute Gasteiger partial charge is 0.478 e. The van der Waals surface area contributed by atoms with Gasteiger partial charge in [-0.2, -0.15) is 0 Å². The monoisotopic (exact) mass is 544 g/mol. The first kappa shape index (κ1) is 30.1. The van der Waals surface area contributed by atoms with E-state index >= 15 is 0 Å². The van der Waals surface area contributed by atoms with E-state index in [4.69, 9.17) is 14.9 Å². The molecule has 0 saturated carbocycles. The molecule has 1 fully saturated rings. The Labute approximate surface area is 229 Å². The highest BCUT2D eigenvalue weighted by atomic mass is 17.2. The second-order valence-corrected chi connectivity index (χ2v) is 11.5. The molecule has 3 rings (SSSR count). The summed E-state index contributed by atoms with van der Waals surface area (Å²) in [6, 6.07) is 0.0415. The molecule has 0 aliphatic carbocycles. The summed E-state index contributed by atoms with van der Waals surface area (Å²) in [6.07, 6.45) is 6.24. The number of hydrogen-bond acceptors (Lipinski definition) is 11. The van der Waals surface area contributed by atoms with Crippen molar-refractivity contribution in [2.45, 2.75) is 64.8 Å². The third kappa shape index (κ3) is 9.37. The summed E-state index contributed by atoms with van der Waals surface area (Å²) >= 11 is 0. The van der Waals surface area contributed by atoms with Gasteiger partial charge in [-0.25, -0.2) is 34.5 Å². The smallest absolute Gasteiger partial charge is 0.338 e. The zero-order chi connectivity index (χ0) is 28.8. The van der Waals surface area contributed by atoms with Crippen molar-refractivity contribution in [1.82, 2.24) is 30.2 Å². The number of rotatable bonds is 11. The van der Waals surface area contributed by atoms with E-state index in [1.807, 2.05) is 34.9 Å². The van der Waals surface area contributed by atoms with E-state index < -0.39 is 17.2 Å². The van der Waals surface area contributed by atoms with E-state index in [2.05, 4.69) is 40.0 Å². The Morgan fingerprint density at radius 1 is 1.00 bits per heavy atom. The Kier molecular flexibility index (Phi) is 9.75. The van der Waals surface area contributed by atoms with Gasteiger partial charge in [0.2, 0.25) is 17.8 Å². The van der Waals surface area contributed by atoms with Crippen LogP contribution >= 0.6 is 0 Å². The van der Waals surface area contributed by atoms with Crippen molar-refractivity contribution in [1.29, 1.82) is 0 Å². The summed E-state index contributed by atoms with van der Waals surface area (Å²) < 4.78 is 0. The molecule has 1 aliphatic rings. The Hall–Kier alpha value is -3.42. The molecule has 1 amide bonds. The SMILES string of the molecule is CN(C)CC1CN(c2ncc(CNC(=O)CC(C)(C)OOC(C)(C)C)cn2)CCN1c1ncc(C(=O)O)cn1. The maximum Gasteiger partial charge on any atom is 0.338 e. The van der Waals surface area contributed by atoms with Crippen LogP contribution in [0.5, 0.6) is 0 Å². The van der Waals surface area contributed by atoms with Crippen LogP contribution in [0.25, 0.3) is 0 Å². The number of carbonyl (C=O) groups excluding carboxylic acids is 1. The van der Waals surface area contributed by atoms with Gasteiger partial charge in [-0.15, -0.1) is 0 Å². The first-order valence-corrected chi connectivity index (χ1v) is 12.9. The van der Waals surface area contributed by atoms with Crippen LogP contribution < -0.4 is 15.1 Å². The Morgan fingerprint density at radius 3 is 2.18 bits per heavy atom. The van der Waals surface area contributed by atoms with Crippen molar-refractivity contribution >= 4 is 23.8 Å². The summed E-state index contributed by atoms with van der Waals surface area (Å²) in [7, 11) is 3.99. The molecule has 13 heteroatoms. The molecule has 0 bridgehead atoms. The molecule has 2 aromatic rings. The number of aromatic carboxylic acids is 1. The summed E-state index contributed by atoms with van der Waals surface area (Å²) in [5.74, 6) is -0.121. The molecule has 2 N–H and O–H groups in total. The topological polar surface area (TPSA) is 146 Å². The van der Waals surface area contributed by atoms with E-state index in [9.17, 15) is 9.59 Å². The molecule has 214 valence electrons. The van der Waals surface area contributed by atoms with Crippen LogP contribution in [0.1, 0.15) is 57.0 Å². The summed E-state index contributed by atoms with van der Waals surface area (Å²) in [5.41, 5.74) is -0.399. The number of amides is 1. The fourth-order valence-electron chi connectivity index (χ4n) is 3.98. The quantitative estimate of drug-likeness (QED) is 0.314. The fourth-order valence-corrected chi connectivity index (χ4v) is 3.98. The molecule has 13 nitrogen and oxygen atoms in total. The number of nitrogens with one attached hydrogen (secondary N) is 1. The fraction of sp³-hybridized carbons (Fsp3) is 0.615. The summed E-state index contributed by atoms with van der Waals surface area (Å²) in [6.45, 7) is 12.2. The second kappa shape index (κ2) is 12.6. The van der Waals surface area contributed by atoms with E-state index in [0.29, 0.717) is 38.1 Å². The number of carboxylic acids is 1. The Morgan fingerprint density at radius 2 is 1.62 bits per heavy atom. The van der Waals surface area contributed by atoms with Gasteiger partial charge in [0.15, 0.2) is 0 Å². The van der Waals surface area contributed by atoms with Gasteiger partial charge in [-0.1, -0.05) is 0 Å². The van der Waals surface area contributed by atoms with E-state index in [0.717, 1.165) is 12.1 Å². The minimum absolute atomic E-state index is 0.0415.